The maximum Gasteiger partial charge on any atom is 0.191 e. The third-order valence-electron chi connectivity index (χ3n) is 5.71. The number of hydrogen-bond donors (Lipinski definition) is 0. The van der Waals surface area contributed by atoms with Crippen LogP contribution in [0.2, 0.25) is 0 Å². The molecular formula is C23H26N4O2S. The number of aromatic nitrogens is 3. The lowest BCUT2D eigenvalue weighted by Crippen LogP contribution is -2.24. The van der Waals surface area contributed by atoms with Crippen molar-refractivity contribution in [1.82, 2.24) is 14.8 Å². The zero-order chi connectivity index (χ0) is 21.5. The molecule has 0 atom stereocenters. The number of para-hydroxylation sites is 1. The maximum atomic E-state index is 12.8. The predicted octanol–water partition coefficient (Wildman–Crippen LogP) is 4.84. The van der Waals surface area contributed by atoms with Gasteiger partial charge in [0.1, 0.15) is 5.76 Å². The Kier molecular flexibility index (Phi) is 5.32. The summed E-state index contributed by atoms with van der Waals surface area (Å²) in [6.45, 7) is 8.99. The molecular weight excluding hydrogens is 396 g/mol. The van der Waals surface area contributed by atoms with E-state index in [4.69, 9.17) is 4.42 Å². The number of likely N-dealkylation sites (N-methyl/N-ethyl adjacent to an activating group) is 1. The van der Waals surface area contributed by atoms with Crippen molar-refractivity contribution in [3.8, 4) is 11.4 Å². The predicted molar refractivity (Wildman–Crippen MR) is 120 cm³/mol. The van der Waals surface area contributed by atoms with E-state index in [2.05, 4.69) is 41.1 Å². The second-order valence-electron chi connectivity index (χ2n) is 7.93. The molecule has 0 bridgehead atoms. The number of furan rings is 1. The van der Waals surface area contributed by atoms with Crippen LogP contribution in [0.4, 0.5) is 5.69 Å². The molecule has 0 amide bonds. The summed E-state index contributed by atoms with van der Waals surface area (Å²) in [7, 11) is 2.02. The van der Waals surface area contributed by atoms with Crippen LogP contribution < -0.4 is 4.90 Å². The Morgan fingerprint density at radius 2 is 2.00 bits per heavy atom. The van der Waals surface area contributed by atoms with E-state index >= 15 is 0 Å². The molecule has 0 saturated heterocycles. The number of aryl methyl sites for hydroxylation is 1. The normalized spacial score (nSPS) is 16.3. The van der Waals surface area contributed by atoms with E-state index in [0.29, 0.717) is 5.75 Å². The van der Waals surface area contributed by atoms with Crippen LogP contribution in [-0.4, -0.2) is 33.3 Å². The number of anilines is 1. The molecule has 2 aromatic heterocycles. The number of nitrogens with zero attached hydrogens (tertiary/aromatic N) is 4. The molecule has 0 saturated carbocycles. The number of ketones is 1. The summed E-state index contributed by atoms with van der Waals surface area (Å²) in [5, 5.41) is 9.38. The van der Waals surface area contributed by atoms with Crippen LogP contribution in [-0.2, 0) is 16.8 Å². The number of carbonyl (C=O) groups is 1. The van der Waals surface area contributed by atoms with Gasteiger partial charge in [0, 0.05) is 36.5 Å². The van der Waals surface area contributed by atoms with Gasteiger partial charge in [-0.15, -0.1) is 10.2 Å². The topological polar surface area (TPSA) is 64.2 Å². The molecule has 1 aromatic carbocycles. The van der Waals surface area contributed by atoms with Gasteiger partial charge in [0.15, 0.2) is 16.8 Å². The van der Waals surface area contributed by atoms with Crippen LogP contribution in [0.1, 0.15) is 32.1 Å². The van der Waals surface area contributed by atoms with Gasteiger partial charge in [0.2, 0.25) is 0 Å². The number of hydrogen-bond acceptors (Lipinski definition) is 6. The second kappa shape index (κ2) is 7.80. The van der Waals surface area contributed by atoms with Crippen molar-refractivity contribution in [2.75, 3.05) is 17.7 Å². The number of rotatable bonds is 6. The minimum atomic E-state index is -0.207. The number of carbonyl (C=O) groups excluding carboxylic acids is 1. The molecule has 1 aliphatic rings. The monoisotopic (exact) mass is 422 g/mol. The van der Waals surface area contributed by atoms with Crippen LogP contribution in [0.25, 0.3) is 11.4 Å². The fraction of sp³-hybridized carbons (Fsp3) is 0.348. The third-order valence-corrected chi connectivity index (χ3v) is 6.70. The molecule has 6 nitrogen and oxygen atoms in total. The molecule has 30 heavy (non-hydrogen) atoms. The van der Waals surface area contributed by atoms with Gasteiger partial charge >= 0.3 is 0 Å². The average Bonchev–Trinajstić information content (AvgIpc) is 3.38. The van der Waals surface area contributed by atoms with Crippen molar-refractivity contribution in [1.29, 1.82) is 0 Å². The summed E-state index contributed by atoms with van der Waals surface area (Å²) in [5.74, 6) is 1.95. The molecule has 156 valence electrons. The Labute approximate surface area is 181 Å². The van der Waals surface area contributed by atoms with Gasteiger partial charge in [-0.2, -0.15) is 0 Å². The van der Waals surface area contributed by atoms with Gasteiger partial charge in [-0.1, -0.05) is 43.8 Å². The zero-order valence-corrected chi connectivity index (χ0v) is 18.8. The van der Waals surface area contributed by atoms with E-state index in [9.17, 15) is 4.79 Å². The summed E-state index contributed by atoms with van der Waals surface area (Å²) < 4.78 is 7.42. The summed E-state index contributed by atoms with van der Waals surface area (Å²) in [5.41, 5.74) is 4.13. The van der Waals surface area contributed by atoms with E-state index in [1.54, 1.807) is 12.3 Å². The van der Waals surface area contributed by atoms with Crippen molar-refractivity contribution in [3.05, 3.63) is 59.7 Å². The van der Waals surface area contributed by atoms with E-state index in [-0.39, 0.29) is 11.2 Å². The van der Waals surface area contributed by atoms with Crippen LogP contribution in [0.15, 0.2) is 57.9 Å². The first-order chi connectivity index (χ1) is 14.3. The molecule has 3 heterocycles. The lowest BCUT2D eigenvalue weighted by molar-refractivity contribution is -0.112. The molecule has 0 fully saturated rings. The SMILES string of the molecule is CCn1c(SCC(=O)/C=C2\N(C)c3ccccc3C2(C)C)nnc1-c1ccoc1C. The average molecular weight is 423 g/mol. The first kappa shape index (κ1) is 20.5. The summed E-state index contributed by atoms with van der Waals surface area (Å²) >= 11 is 1.42. The molecule has 0 aliphatic carbocycles. The van der Waals surface area contributed by atoms with E-state index in [0.717, 1.165) is 40.2 Å². The highest BCUT2D eigenvalue weighted by Crippen LogP contribution is 2.46. The fourth-order valence-electron chi connectivity index (χ4n) is 4.09. The largest absolute Gasteiger partial charge is 0.469 e. The molecule has 3 aromatic rings. The molecule has 0 N–H and O–H groups in total. The van der Waals surface area contributed by atoms with Gasteiger partial charge in [-0.25, -0.2) is 0 Å². The highest BCUT2D eigenvalue weighted by Gasteiger charge is 2.38. The first-order valence-corrected chi connectivity index (χ1v) is 11.0. The van der Waals surface area contributed by atoms with Crippen molar-refractivity contribution < 1.29 is 9.21 Å². The van der Waals surface area contributed by atoms with Crippen molar-refractivity contribution in [2.24, 2.45) is 0 Å². The highest BCUT2D eigenvalue weighted by molar-refractivity contribution is 7.99. The van der Waals surface area contributed by atoms with Crippen LogP contribution >= 0.6 is 11.8 Å². The van der Waals surface area contributed by atoms with Gasteiger partial charge < -0.3 is 13.9 Å². The molecule has 0 spiro atoms. The number of allylic oxidation sites excluding steroid dienone is 2. The Hall–Kier alpha value is -2.80. The Bertz CT molecular complexity index is 1130. The van der Waals surface area contributed by atoms with Gasteiger partial charge in [0.05, 0.1) is 17.6 Å². The van der Waals surface area contributed by atoms with Gasteiger partial charge in [-0.3, -0.25) is 4.79 Å². The maximum absolute atomic E-state index is 12.8. The number of benzene rings is 1. The smallest absolute Gasteiger partial charge is 0.191 e. The summed E-state index contributed by atoms with van der Waals surface area (Å²) in [6, 6.07) is 10.2. The lowest BCUT2D eigenvalue weighted by atomic mass is 9.83. The highest BCUT2D eigenvalue weighted by atomic mass is 32.2. The lowest BCUT2D eigenvalue weighted by Gasteiger charge is -2.23. The van der Waals surface area contributed by atoms with Crippen LogP contribution in [0.5, 0.6) is 0 Å². The molecule has 0 unspecified atom stereocenters. The van der Waals surface area contributed by atoms with E-state index in [1.807, 2.05) is 43.7 Å². The molecule has 7 heteroatoms. The van der Waals surface area contributed by atoms with Gasteiger partial charge in [0.25, 0.3) is 0 Å². The van der Waals surface area contributed by atoms with Crippen LogP contribution in [0.3, 0.4) is 0 Å². The van der Waals surface area contributed by atoms with Crippen molar-refractivity contribution in [2.45, 2.75) is 44.8 Å². The minimum absolute atomic E-state index is 0.0643. The molecule has 4 rings (SSSR count). The number of thioether (sulfide) groups is 1. The van der Waals surface area contributed by atoms with Crippen molar-refractivity contribution in [3.63, 3.8) is 0 Å². The second-order valence-corrected chi connectivity index (χ2v) is 8.87. The van der Waals surface area contributed by atoms with Gasteiger partial charge in [-0.05, 0) is 31.5 Å². The fourth-order valence-corrected chi connectivity index (χ4v) is 4.91. The zero-order valence-electron chi connectivity index (χ0n) is 18.0. The van der Waals surface area contributed by atoms with Crippen molar-refractivity contribution >= 4 is 23.2 Å². The van der Waals surface area contributed by atoms with E-state index in [1.165, 1.54) is 17.3 Å². The summed E-state index contributed by atoms with van der Waals surface area (Å²) in [4.78, 5) is 15.0. The standard InChI is InChI=1S/C23H26N4O2S/c1-6-27-21(17-11-12-29-15(17)2)24-25-22(27)30-14-16(28)13-20-23(3,4)18-9-7-8-10-19(18)26(20)5/h7-13H,6,14H2,1-5H3/b20-13-. The Morgan fingerprint density at radius 3 is 2.67 bits per heavy atom. The molecule has 1 aliphatic heterocycles. The van der Waals surface area contributed by atoms with Crippen LogP contribution in [0, 0.1) is 6.92 Å². The minimum Gasteiger partial charge on any atom is -0.469 e. The van der Waals surface area contributed by atoms with E-state index < -0.39 is 0 Å². The number of fused-ring (bicyclic) bond motifs is 1. The first-order valence-electron chi connectivity index (χ1n) is 10.0. The summed E-state index contributed by atoms with van der Waals surface area (Å²) in [6.07, 6.45) is 3.43. The molecule has 0 radical (unpaired) electrons. The quantitative estimate of drug-likeness (QED) is 0.418. The Balaban J connectivity index is 1.53. The Morgan fingerprint density at radius 1 is 1.23 bits per heavy atom. The third kappa shape index (κ3) is 3.37.